The number of para-hydroxylation sites is 2. The molecule has 4 atom stereocenters. The van der Waals surface area contributed by atoms with Crippen molar-refractivity contribution < 1.29 is 19.4 Å². The molecule has 2 aromatic heterocycles. The van der Waals surface area contributed by atoms with E-state index < -0.39 is 6.29 Å². The summed E-state index contributed by atoms with van der Waals surface area (Å²) in [6, 6.07) is 37.8. The highest BCUT2D eigenvalue weighted by Gasteiger charge is 2.38. The Morgan fingerprint density at radius 2 is 1.56 bits per heavy atom. The maximum atomic E-state index is 13.0. The largest absolute Gasteiger partial charge is 0.392 e. The van der Waals surface area contributed by atoms with Crippen LogP contribution in [-0.2, 0) is 29.0 Å². The van der Waals surface area contributed by atoms with Crippen LogP contribution in [0.15, 0.2) is 128 Å². The van der Waals surface area contributed by atoms with Gasteiger partial charge in [-0.2, -0.15) is 0 Å². The predicted octanol–water partition coefficient (Wildman–Crippen LogP) is 7.08. The van der Waals surface area contributed by atoms with Crippen LogP contribution < -0.4 is 5.32 Å². The molecular weight excluding hydrogens is 651 g/mol. The van der Waals surface area contributed by atoms with Gasteiger partial charge in [-0.15, -0.1) is 0 Å². The van der Waals surface area contributed by atoms with Gasteiger partial charge in [-0.3, -0.25) is 14.8 Å². The van der Waals surface area contributed by atoms with Crippen molar-refractivity contribution in [3.05, 3.63) is 161 Å². The smallest absolute Gasteiger partial charge is 0.271 e. The number of nitrogens with one attached hydrogen (secondary N) is 1. The SMILES string of the molecule is C[C@@H]1[C@H](CN(C)CCc2ccccn2)O[C@H](c2ccc(-c3ccccc3CNC(=O)c3cnc4ccccc4n3)cc2)O[C@@H]1c1ccc(CO)cc1. The number of likely N-dealkylation sites (N-methyl/N-ethyl adjacent to an activating group) is 1. The molecule has 7 rings (SSSR count). The van der Waals surface area contributed by atoms with Gasteiger partial charge in [0.05, 0.1) is 36.0 Å². The molecule has 0 saturated carbocycles. The summed E-state index contributed by atoms with van der Waals surface area (Å²) in [5.74, 6) is -0.197. The Kier molecular flexibility index (Phi) is 11.0. The molecule has 52 heavy (non-hydrogen) atoms. The van der Waals surface area contributed by atoms with Crippen LogP contribution in [0.1, 0.15) is 57.8 Å². The average molecular weight is 694 g/mol. The number of fused-ring (bicyclic) bond motifs is 1. The number of hydrogen-bond donors (Lipinski definition) is 2. The summed E-state index contributed by atoms with van der Waals surface area (Å²) in [5, 5.41) is 12.6. The van der Waals surface area contributed by atoms with Crippen molar-refractivity contribution in [3.8, 4) is 11.1 Å². The summed E-state index contributed by atoms with van der Waals surface area (Å²) in [6.45, 7) is 4.11. The molecule has 6 aromatic rings. The van der Waals surface area contributed by atoms with Gasteiger partial charge in [0.2, 0.25) is 0 Å². The minimum Gasteiger partial charge on any atom is -0.392 e. The van der Waals surface area contributed by atoms with Crippen molar-refractivity contribution in [1.29, 1.82) is 0 Å². The number of amides is 1. The van der Waals surface area contributed by atoms with Gasteiger partial charge in [-0.25, -0.2) is 4.98 Å². The Bertz CT molecular complexity index is 2090. The van der Waals surface area contributed by atoms with Gasteiger partial charge in [0, 0.05) is 49.4 Å². The number of aromatic nitrogens is 3. The van der Waals surface area contributed by atoms with E-state index in [0.717, 1.165) is 64.1 Å². The number of carbonyl (C=O) groups is 1. The number of aliphatic hydroxyl groups excluding tert-OH is 1. The normalized spacial score (nSPS) is 18.8. The molecule has 9 heteroatoms. The fourth-order valence-corrected chi connectivity index (χ4v) is 6.69. The van der Waals surface area contributed by atoms with Crippen LogP contribution in [0, 0.1) is 5.92 Å². The molecule has 1 aliphatic rings. The molecule has 1 saturated heterocycles. The fourth-order valence-electron chi connectivity index (χ4n) is 6.69. The van der Waals surface area contributed by atoms with E-state index in [9.17, 15) is 9.90 Å². The van der Waals surface area contributed by atoms with Gasteiger partial charge < -0.3 is 24.8 Å². The van der Waals surface area contributed by atoms with Gasteiger partial charge in [-0.05, 0) is 59.1 Å². The maximum absolute atomic E-state index is 13.0. The summed E-state index contributed by atoms with van der Waals surface area (Å²) in [7, 11) is 2.12. The van der Waals surface area contributed by atoms with Crippen LogP contribution in [0.2, 0.25) is 0 Å². The second-order valence-corrected chi connectivity index (χ2v) is 13.4. The van der Waals surface area contributed by atoms with Crippen molar-refractivity contribution in [2.45, 2.75) is 45.0 Å². The first-order valence-electron chi connectivity index (χ1n) is 17.7. The van der Waals surface area contributed by atoms with E-state index >= 15 is 0 Å². The molecule has 0 bridgehead atoms. The van der Waals surface area contributed by atoms with Crippen molar-refractivity contribution in [1.82, 2.24) is 25.2 Å². The molecule has 2 N–H and O–H groups in total. The van der Waals surface area contributed by atoms with Crippen molar-refractivity contribution in [2.24, 2.45) is 5.92 Å². The lowest BCUT2D eigenvalue weighted by Gasteiger charge is -2.42. The lowest BCUT2D eigenvalue weighted by Crippen LogP contribution is -2.43. The van der Waals surface area contributed by atoms with Crippen LogP contribution in [0.5, 0.6) is 0 Å². The second kappa shape index (κ2) is 16.4. The molecule has 0 aliphatic carbocycles. The number of ether oxygens (including phenoxy) is 2. The lowest BCUT2D eigenvalue weighted by molar-refractivity contribution is -0.275. The van der Waals surface area contributed by atoms with Crippen molar-refractivity contribution in [2.75, 3.05) is 20.1 Å². The molecule has 1 fully saturated rings. The summed E-state index contributed by atoms with van der Waals surface area (Å²) < 4.78 is 13.4. The Labute approximate surface area is 304 Å². The van der Waals surface area contributed by atoms with E-state index in [-0.39, 0.29) is 36.3 Å². The number of hydrogen-bond acceptors (Lipinski definition) is 8. The van der Waals surface area contributed by atoms with Crippen LogP contribution in [-0.4, -0.2) is 57.1 Å². The highest BCUT2D eigenvalue weighted by atomic mass is 16.7. The van der Waals surface area contributed by atoms with E-state index in [1.165, 1.54) is 6.20 Å². The first-order valence-corrected chi connectivity index (χ1v) is 17.7. The van der Waals surface area contributed by atoms with Crippen molar-refractivity contribution >= 4 is 16.9 Å². The molecule has 0 radical (unpaired) electrons. The zero-order valence-corrected chi connectivity index (χ0v) is 29.4. The third kappa shape index (κ3) is 8.25. The number of rotatable bonds is 12. The maximum Gasteiger partial charge on any atom is 0.271 e. The summed E-state index contributed by atoms with van der Waals surface area (Å²) >= 11 is 0. The molecule has 1 aliphatic heterocycles. The summed E-state index contributed by atoms with van der Waals surface area (Å²) in [6.07, 6.45) is 3.34. The number of pyridine rings is 1. The molecule has 3 heterocycles. The highest BCUT2D eigenvalue weighted by Crippen LogP contribution is 2.42. The minimum absolute atomic E-state index is 0.00221. The number of aliphatic hydroxyl groups is 1. The minimum atomic E-state index is -0.570. The first kappa shape index (κ1) is 35.1. The Morgan fingerprint density at radius 3 is 2.33 bits per heavy atom. The Hall–Kier alpha value is -5.32. The molecule has 264 valence electrons. The average Bonchev–Trinajstić information content (AvgIpc) is 3.20. The van der Waals surface area contributed by atoms with E-state index in [1.54, 1.807) is 0 Å². The van der Waals surface area contributed by atoms with E-state index in [1.807, 2.05) is 85.1 Å². The van der Waals surface area contributed by atoms with Gasteiger partial charge >= 0.3 is 0 Å². The third-order valence-electron chi connectivity index (χ3n) is 9.72. The Morgan fingerprint density at radius 1 is 0.827 bits per heavy atom. The molecular formula is C43H43N5O4. The molecule has 0 spiro atoms. The fraction of sp³-hybridized carbons (Fsp3) is 0.256. The first-order chi connectivity index (χ1) is 25.4. The van der Waals surface area contributed by atoms with Gasteiger partial charge in [0.15, 0.2) is 6.29 Å². The quantitative estimate of drug-likeness (QED) is 0.140. The van der Waals surface area contributed by atoms with Crippen LogP contribution >= 0.6 is 0 Å². The Balaban J connectivity index is 1.07. The third-order valence-corrected chi connectivity index (χ3v) is 9.72. The zero-order valence-electron chi connectivity index (χ0n) is 29.4. The van der Waals surface area contributed by atoms with Gasteiger partial charge in [0.25, 0.3) is 5.91 Å². The monoisotopic (exact) mass is 693 g/mol. The summed E-state index contributed by atoms with van der Waals surface area (Å²) in [4.78, 5) is 28.7. The van der Waals surface area contributed by atoms with Crippen LogP contribution in [0.25, 0.3) is 22.2 Å². The van der Waals surface area contributed by atoms with Crippen molar-refractivity contribution in [3.63, 3.8) is 0 Å². The molecule has 4 aromatic carbocycles. The van der Waals surface area contributed by atoms with Crippen LogP contribution in [0.4, 0.5) is 0 Å². The summed E-state index contributed by atoms with van der Waals surface area (Å²) in [5.41, 5.74) is 8.65. The predicted molar refractivity (Wildman–Crippen MR) is 201 cm³/mol. The highest BCUT2D eigenvalue weighted by molar-refractivity contribution is 5.93. The second-order valence-electron chi connectivity index (χ2n) is 13.4. The molecule has 0 unspecified atom stereocenters. The van der Waals surface area contributed by atoms with Gasteiger partial charge in [0.1, 0.15) is 5.69 Å². The molecule has 1 amide bonds. The lowest BCUT2D eigenvalue weighted by atomic mass is 9.90. The van der Waals surface area contributed by atoms with Crippen LogP contribution in [0.3, 0.4) is 0 Å². The van der Waals surface area contributed by atoms with E-state index in [0.29, 0.717) is 12.1 Å². The van der Waals surface area contributed by atoms with Gasteiger partial charge in [-0.1, -0.05) is 97.9 Å². The van der Waals surface area contributed by atoms with E-state index in [4.69, 9.17) is 9.47 Å². The number of carbonyl (C=O) groups excluding carboxylic acids is 1. The number of benzene rings is 4. The topological polar surface area (TPSA) is 110 Å². The van der Waals surface area contributed by atoms with E-state index in [2.05, 4.69) is 75.5 Å². The molecule has 9 nitrogen and oxygen atoms in total. The number of nitrogens with zero attached hydrogens (tertiary/aromatic N) is 4. The standard InChI is InChI=1S/C43H43N5O4/c1-29-40(27-48(2)24-22-35-10-7-8-23-44-35)51-43(52-41(29)32-16-14-30(28-49)15-17-32)33-20-18-31(19-21-33)36-11-4-3-9-34(36)25-46-42(50)39-26-45-37-12-5-6-13-38(37)47-39/h3-21,23,26,29,40-41,43,49H,22,24-25,27-28H2,1-2H3,(H,46,50)/t29-,40+,41+,43+/m1/s1. The zero-order chi connectivity index (χ0) is 35.9.